The Kier molecular flexibility index (Phi) is 5.81. The van der Waals surface area contributed by atoms with Crippen molar-refractivity contribution in [3.63, 3.8) is 0 Å². The number of amides is 1. The third-order valence-electron chi connectivity index (χ3n) is 3.74. The summed E-state index contributed by atoms with van der Waals surface area (Å²) in [7, 11) is 0. The Bertz CT molecular complexity index is 740. The smallest absolute Gasteiger partial charge is 0.261 e. The van der Waals surface area contributed by atoms with Crippen LogP contribution in [0.15, 0.2) is 29.3 Å². The molecule has 1 amide bonds. The highest BCUT2D eigenvalue weighted by Crippen LogP contribution is 2.08. The van der Waals surface area contributed by atoms with E-state index in [-0.39, 0.29) is 17.8 Å². The highest BCUT2D eigenvalue weighted by atomic mass is 19.1. The first kappa shape index (κ1) is 17.1. The van der Waals surface area contributed by atoms with Gasteiger partial charge in [0, 0.05) is 13.1 Å². The molecule has 7 heteroatoms. The van der Waals surface area contributed by atoms with Crippen LogP contribution in [0.3, 0.4) is 0 Å². The zero-order valence-corrected chi connectivity index (χ0v) is 13.4. The minimum atomic E-state index is -0.502. The molecule has 1 heterocycles. The van der Waals surface area contributed by atoms with Gasteiger partial charge in [-0.2, -0.15) is 0 Å². The predicted molar refractivity (Wildman–Crippen MR) is 86.8 cm³/mol. The van der Waals surface area contributed by atoms with E-state index in [2.05, 4.69) is 29.0 Å². The third kappa shape index (κ3) is 4.35. The van der Waals surface area contributed by atoms with Crippen molar-refractivity contribution in [3.8, 4) is 0 Å². The number of rotatable bonds is 7. The van der Waals surface area contributed by atoms with Crippen molar-refractivity contribution in [1.82, 2.24) is 19.8 Å². The van der Waals surface area contributed by atoms with Crippen molar-refractivity contribution in [3.05, 3.63) is 40.7 Å². The maximum Gasteiger partial charge on any atom is 0.261 e. The van der Waals surface area contributed by atoms with Gasteiger partial charge < -0.3 is 10.2 Å². The topological polar surface area (TPSA) is 67.2 Å². The lowest BCUT2D eigenvalue weighted by molar-refractivity contribution is -0.121. The summed E-state index contributed by atoms with van der Waals surface area (Å²) in [6.45, 7) is 7.11. The van der Waals surface area contributed by atoms with Crippen LogP contribution in [0.4, 0.5) is 4.39 Å². The Morgan fingerprint density at radius 2 is 2.09 bits per heavy atom. The fourth-order valence-electron chi connectivity index (χ4n) is 2.35. The highest BCUT2D eigenvalue weighted by Gasteiger charge is 2.09. The number of carbonyl (C=O) groups is 1. The molecule has 1 aromatic heterocycles. The van der Waals surface area contributed by atoms with Crippen molar-refractivity contribution in [2.45, 2.75) is 20.4 Å². The standard InChI is InChI=1S/C16H21FN4O2/c1-3-20(4-2)8-7-18-15(22)10-21-11-19-14-6-5-12(17)9-13(14)16(21)23/h5-6,9,11H,3-4,7-8,10H2,1-2H3,(H,18,22). The van der Waals surface area contributed by atoms with Crippen LogP contribution in [0.5, 0.6) is 0 Å². The molecule has 0 unspecified atom stereocenters. The largest absolute Gasteiger partial charge is 0.353 e. The lowest BCUT2D eigenvalue weighted by Crippen LogP contribution is -2.37. The first-order valence-corrected chi connectivity index (χ1v) is 7.69. The van der Waals surface area contributed by atoms with Gasteiger partial charge in [0.1, 0.15) is 12.4 Å². The van der Waals surface area contributed by atoms with E-state index in [0.29, 0.717) is 12.1 Å². The molecule has 0 atom stereocenters. The second-order valence-electron chi connectivity index (χ2n) is 5.22. The first-order chi connectivity index (χ1) is 11.0. The Balaban J connectivity index is 2.02. The molecule has 6 nitrogen and oxygen atoms in total. The van der Waals surface area contributed by atoms with Gasteiger partial charge in [0.05, 0.1) is 17.2 Å². The summed E-state index contributed by atoms with van der Waals surface area (Å²) in [6.07, 6.45) is 1.31. The molecule has 0 aliphatic carbocycles. The second kappa shape index (κ2) is 7.82. The molecule has 0 aliphatic heterocycles. The average Bonchev–Trinajstić information content (AvgIpc) is 2.55. The van der Waals surface area contributed by atoms with Crippen molar-refractivity contribution < 1.29 is 9.18 Å². The summed E-state index contributed by atoms with van der Waals surface area (Å²) in [4.78, 5) is 30.5. The van der Waals surface area contributed by atoms with E-state index in [9.17, 15) is 14.0 Å². The predicted octanol–water partition coefficient (Wildman–Crippen LogP) is 0.994. The van der Waals surface area contributed by atoms with Crippen LogP contribution >= 0.6 is 0 Å². The van der Waals surface area contributed by atoms with Crippen LogP contribution in [0.1, 0.15) is 13.8 Å². The lowest BCUT2D eigenvalue weighted by atomic mass is 10.2. The summed E-state index contributed by atoms with van der Waals surface area (Å²) >= 11 is 0. The van der Waals surface area contributed by atoms with Gasteiger partial charge >= 0.3 is 0 Å². The summed E-state index contributed by atoms with van der Waals surface area (Å²) in [6, 6.07) is 3.83. The van der Waals surface area contributed by atoms with Crippen LogP contribution in [0, 0.1) is 5.82 Å². The number of hydrogen-bond acceptors (Lipinski definition) is 4. The zero-order valence-electron chi connectivity index (χ0n) is 13.4. The molecule has 23 heavy (non-hydrogen) atoms. The van der Waals surface area contributed by atoms with Crippen LogP contribution in [0.25, 0.3) is 10.9 Å². The Morgan fingerprint density at radius 3 is 2.78 bits per heavy atom. The molecule has 2 aromatic rings. The fourth-order valence-corrected chi connectivity index (χ4v) is 2.35. The SMILES string of the molecule is CCN(CC)CCNC(=O)Cn1cnc2ccc(F)cc2c1=O. The quantitative estimate of drug-likeness (QED) is 0.826. The van der Waals surface area contributed by atoms with Gasteiger partial charge in [0.15, 0.2) is 0 Å². The fraction of sp³-hybridized carbons (Fsp3) is 0.438. The van der Waals surface area contributed by atoms with Crippen molar-refractivity contribution in [1.29, 1.82) is 0 Å². The number of halogens is 1. The minimum Gasteiger partial charge on any atom is -0.353 e. The first-order valence-electron chi connectivity index (χ1n) is 7.69. The molecular formula is C16H21FN4O2. The number of benzene rings is 1. The molecule has 0 radical (unpaired) electrons. The molecule has 0 aliphatic rings. The van der Waals surface area contributed by atoms with E-state index in [1.807, 2.05) is 0 Å². The maximum atomic E-state index is 13.3. The monoisotopic (exact) mass is 320 g/mol. The van der Waals surface area contributed by atoms with Gasteiger partial charge in [0.2, 0.25) is 5.91 Å². The van der Waals surface area contributed by atoms with E-state index in [1.54, 1.807) is 0 Å². The van der Waals surface area contributed by atoms with Crippen LogP contribution < -0.4 is 10.9 Å². The molecule has 1 N–H and O–H groups in total. The average molecular weight is 320 g/mol. The minimum absolute atomic E-state index is 0.128. The third-order valence-corrected chi connectivity index (χ3v) is 3.74. The molecule has 124 valence electrons. The Morgan fingerprint density at radius 1 is 1.35 bits per heavy atom. The van der Waals surface area contributed by atoms with Gasteiger partial charge in [-0.15, -0.1) is 0 Å². The van der Waals surface area contributed by atoms with Crippen LogP contribution in [-0.4, -0.2) is 46.5 Å². The highest BCUT2D eigenvalue weighted by molar-refractivity contribution is 5.78. The summed E-state index contributed by atoms with van der Waals surface area (Å²) in [5.41, 5.74) is -0.0111. The number of nitrogens with zero attached hydrogens (tertiary/aromatic N) is 3. The number of carbonyl (C=O) groups excluding carboxylic acids is 1. The number of nitrogens with one attached hydrogen (secondary N) is 1. The summed E-state index contributed by atoms with van der Waals surface area (Å²) < 4.78 is 14.4. The van der Waals surface area contributed by atoms with Crippen molar-refractivity contribution in [2.24, 2.45) is 0 Å². The molecule has 0 fully saturated rings. The van der Waals surface area contributed by atoms with E-state index in [4.69, 9.17) is 0 Å². The second-order valence-corrected chi connectivity index (χ2v) is 5.22. The van der Waals surface area contributed by atoms with Crippen LogP contribution in [0.2, 0.25) is 0 Å². The Hall–Kier alpha value is -2.28. The molecule has 0 saturated heterocycles. The number of aromatic nitrogens is 2. The van der Waals surface area contributed by atoms with Crippen molar-refractivity contribution in [2.75, 3.05) is 26.2 Å². The van der Waals surface area contributed by atoms with Gasteiger partial charge in [-0.25, -0.2) is 9.37 Å². The number of hydrogen-bond donors (Lipinski definition) is 1. The van der Waals surface area contributed by atoms with Gasteiger partial charge in [-0.05, 0) is 31.3 Å². The molecule has 0 saturated carbocycles. The molecule has 0 spiro atoms. The molecule has 0 bridgehead atoms. The maximum absolute atomic E-state index is 13.3. The van der Waals surface area contributed by atoms with Crippen molar-refractivity contribution >= 4 is 16.8 Å². The van der Waals surface area contributed by atoms with Crippen LogP contribution in [-0.2, 0) is 11.3 Å². The Labute approximate surface area is 133 Å². The summed E-state index contributed by atoms with van der Waals surface area (Å²) in [5.74, 6) is -0.769. The molecule has 1 aromatic carbocycles. The number of fused-ring (bicyclic) bond motifs is 1. The van der Waals surface area contributed by atoms with E-state index >= 15 is 0 Å². The lowest BCUT2D eigenvalue weighted by Gasteiger charge is -2.18. The molecular weight excluding hydrogens is 299 g/mol. The van der Waals surface area contributed by atoms with E-state index in [1.165, 1.54) is 23.0 Å². The summed E-state index contributed by atoms with van der Waals surface area (Å²) in [5, 5.41) is 2.94. The van der Waals surface area contributed by atoms with E-state index < -0.39 is 11.4 Å². The number of likely N-dealkylation sites (N-methyl/N-ethyl adjacent to an activating group) is 1. The van der Waals surface area contributed by atoms with Gasteiger partial charge in [-0.1, -0.05) is 13.8 Å². The van der Waals surface area contributed by atoms with Gasteiger partial charge in [0.25, 0.3) is 5.56 Å². The normalized spacial score (nSPS) is 11.1. The van der Waals surface area contributed by atoms with E-state index in [0.717, 1.165) is 25.7 Å². The molecule has 2 rings (SSSR count). The van der Waals surface area contributed by atoms with Gasteiger partial charge in [-0.3, -0.25) is 14.2 Å². The zero-order chi connectivity index (χ0) is 16.8.